The standard InChI is InChI=1S/C19H23ClN6O2.C19H19N7O6/c1-22-17-16(18(27)23(2)19(22)28)26(13-21-17)12-9-24-7-10-25(11-8-24)15-6-4-3-5-14(15)20;20-19-25-15-14(17(30)26-19)23-11(8-22-15)7-21-10-3-1-9(2-4-10)16(29)24-12(18(31)32)5-6-13(27)28/h3-6,13H,7-12H2,1-2H3;1-4,8,12,21H,5-7H2,(H,24,29)(H,27,28)(H,31,32)(H3,20,22,25,26,30)/t;12-/m.0/s1. The highest BCUT2D eigenvalue weighted by atomic mass is 35.5. The topological polar surface area (TPSA) is 282 Å². The Hall–Kier alpha value is -7.13. The number of H-pyrrole nitrogens is 1. The molecule has 1 fully saturated rings. The summed E-state index contributed by atoms with van der Waals surface area (Å²) in [5.74, 6) is -3.16. The van der Waals surface area contributed by atoms with Crippen LogP contribution in [0, 0.1) is 0 Å². The van der Waals surface area contributed by atoms with Gasteiger partial charge in [0.25, 0.3) is 17.0 Å². The lowest BCUT2D eigenvalue weighted by Crippen LogP contribution is -2.47. The van der Waals surface area contributed by atoms with Gasteiger partial charge in [0.1, 0.15) is 6.04 Å². The minimum atomic E-state index is -1.31. The van der Waals surface area contributed by atoms with E-state index >= 15 is 0 Å². The molecule has 1 aliphatic heterocycles. The van der Waals surface area contributed by atoms with Crippen molar-refractivity contribution in [1.82, 2.24) is 48.8 Å². The predicted molar refractivity (Wildman–Crippen MR) is 222 cm³/mol. The van der Waals surface area contributed by atoms with Crippen molar-refractivity contribution in [3.05, 3.63) is 109 Å². The van der Waals surface area contributed by atoms with Gasteiger partial charge >= 0.3 is 17.6 Å². The second-order valence-corrected chi connectivity index (χ2v) is 14.2. The van der Waals surface area contributed by atoms with Gasteiger partial charge in [-0.1, -0.05) is 23.7 Å². The number of imidazole rings is 1. The Kier molecular flexibility index (Phi) is 13.2. The second kappa shape index (κ2) is 18.6. The molecule has 314 valence electrons. The number of aromatic nitrogens is 8. The van der Waals surface area contributed by atoms with E-state index in [1.807, 2.05) is 22.8 Å². The van der Waals surface area contributed by atoms with Crippen LogP contribution in [0.1, 0.15) is 28.9 Å². The number of carbonyl (C=O) groups excluding carboxylic acids is 1. The fourth-order valence-electron chi connectivity index (χ4n) is 6.49. The van der Waals surface area contributed by atoms with Crippen LogP contribution in [-0.2, 0) is 36.8 Å². The van der Waals surface area contributed by atoms with Crippen molar-refractivity contribution in [1.29, 1.82) is 0 Å². The molecule has 1 saturated heterocycles. The molecule has 0 spiro atoms. The molecule has 0 radical (unpaired) electrons. The Morgan fingerprint density at radius 2 is 1.65 bits per heavy atom. The van der Waals surface area contributed by atoms with Gasteiger partial charge in [-0.2, -0.15) is 4.98 Å². The summed E-state index contributed by atoms with van der Waals surface area (Å²) in [7, 11) is 3.13. The number of nitrogens with two attached hydrogens (primary N) is 1. The van der Waals surface area contributed by atoms with Crippen LogP contribution in [0.25, 0.3) is 22.3 Å². The maximum Gasteiger partial charge on any atom is 0.332 e. The number of carboxylic acid groups (broad SMARTS) is 2. The van der Waals surface area contributed by atoms with Gasteiger partial charge in [-0.25, -0.2) is 24.5 Å². The highest BCUT2D eigenvalue weighted by Crippen LogP contribution is 2.26. The van der Waals surface area contributed by atoms with Gasteiger partial charge in [-0.05, 0) is 42.8 Å². The number of nitrogens with zero attached hydrogens (tertiary/aromatic N) is 9. The lowest BCUT2D eigenvalue weighted by atomic mass is 10.1. The smallest absolute Gasteiger partial charge is 0.332 e. The number of carboxylic acids is 2. The number of nitrogens with one attached hydrogen (secondary N) is 3. The van der Waals surface area contributed by atoms with Crippen LogP contribution < -0.4 is 38.1 Å². The van der Waals surface area contributed by atoms with E-state index in [1.54, 1.807) is 25.5 Å². The molecule has 60 heavy (non-hydrogen) atoms. The Balaban J connectivity index is 0.000000203. The average Bonchev–Trinajstić information content (AvgIpc) is 3.67. The van der Waals surface area contributed by atoms with Gasteiger partial charge in [0.05, 0.1) is 35.5 Å². The maximum atomic E-state index is 12.5. The first-order valence-corrected chi connectivity index (χ1v) is 19.0. The number of para-hydroxylation sites is 1. The zero-order valence-electron chi connectivity index (χ0n) is 32.5. The lowest BCUT2D eigenvalue weighted by Gasteiger charge is -2.36. The summed E-state index contributed by atoms with van der Waals surface area (Å²) in [6.07, 6.45) is 2.48. The van der Waals surface area contributed by atoms with E-state index < -0.39 is 29.4 Å². The molecule has 1 amide bonds. The number of anilines is 3. The normalized spacial score (nSPS) is 13.4. The molecule has 0 unspecified atom stereocenters. The first kappa shape index (κ1) is 42.5. The molecule has 1 aliphatic rings. The van der Waals surface area contributed by atoms with Crippen molar-refractivity contribution in [3.8, 4) is 0 Å². The third-order valence-corrected chi connectivity index (χ3v) is 10.1. The molecule has 0 aliphatic carbocycles. The van der Waals surface area contributed by atoms with Crippen molar-refractivity contribution in [2.45, 2.75) is 32.0 Å². The number of carbonyl (C=O) groups is 3. The van der Waals surface area contributed by atoms with Crippen LogP contribution in [0.3, 0.4) is 0 Å². The second-order valence-electron chi connectivity index (χ2n) is 13.8. The number of aliphatic carboxylic acids is 2. The summed E-state index contributed by atoms with van der Waals surface area (Å²) in [6, 6.07) is 12.8. The molecule has 21 nitrogen and oxygen atoms in total. The van der Waals surface area contributed by atoms with Gasteiger partial charge in [0.2, 0.25) is 5.95 Å². The van der Waals surface area contributed by atoms with Crippen LogP contribution in [-0.4, -0.2) is 110 Å². The quantitative estimate of drug-likeness (QED) is 0.0941. The zero-order valence-corrected chi connectivity index (χ0v) is 33.3. The summed E-state index contributed by atoms with van der Waals surface area (Å²) < 4.78 is 4.38. The molecular weight excluding hydrogens is 802 g/mol. The number of hydrogen-bond acceptors (Lipinski definition) is 14. The van der Waals surface area contributed by atoms with E-state index in [-0.39, 0.29) is 53.3 Å². The van der Waals surface area contributed by atoms with E-state index in [0.717, 1.165) is 48.0 Å². The Morgan fingerprint density at radius 3 is 2.33 bits per heavy atom. The van der Waals surface area contributed by atoms with Gasteiger partial charge in [0, 0.05) is 71.0 Å². The van der Waals surface area contributed by atoms with Crippen molar-refractivity contribution in [2.75, 3.05) is 48.7 Å². The van der Waals surface area contributed by atoms with E-state index in [1.165, 1.54) is 29.9 Å². The molecule has 22 heteroatoms. The number of fused-ring (bicyclic) bond motifs is 2. The molecule has 1 atom stereocenters. The van der Waals surface area contributed by atoms with Crippen LogP contribution in [0.5, 0.6) is 0 Å². The largest absolute Gasteiger partial charge is 0.481 e. The van der Waals surface area contributed by atoms with Crippen LogP contribution in [0.4, 0.5) is 17.3 Å². The molecular formula is C38H42ClN13O8. The summed E-state index contributed by atoms with van der Waals surface area (Å²) in [5.41, 5.74) is 7.78. The molecule has 6 aromatic rings. The Bertz CT molecular complexity index is 2720. The average molecular weight is 844 g/mol. The van der Waals surface area contributed by atoms with E-state index in [0.29, 0.717) is 29.1 Å². The molecule has 2 aromatic carbocycles. The maximum absolute atomic E-state index is 12.5. The van der Waals surface area contributed by atoms with E-state index in [9.17, 15) is 28.8 Å². The third-order valence-electron chi connectivity index (χ3n) is 9.80. The van der Waals surface area contributed by atoms with Gasteiger partial charge < -0.3 is 36.0 Å². The summed E-state index contributed by atoms with van der Waals surface area (Å²) in [5, 5.41) is 24.0. The van der Waals surface area contributed by atoms with Gasteiger partial charge in [-0.3, -0.25) is 38.2 Å². The number of halogens is 1. The number of amides is 1. The molecule has 7 N–H and O–H groups in total. The van der Waals surface area contributed by atoms with Crippen molar-refractivity contribution in [2.24, 2.45) is 14.1 Å². The van der Waals surface area contributed by atoms with Crippen LogP contribution in [0.15, 0.2) is 75.4 Å². The number of aromatic amines is 1. The van der Waals surface area contributed by atoms with Gasteiger partial charge in [-0.15, -0.1) is 0 Å². The number of nitrogen functional groups attached to an aromatic ring is 1. The van der Waals surface area contributed by atoms with Crippen molar-refractivity contribution < 1.29 is 24.6 Å². The van der Waals surface area contributed by atoms with E-state index in [4.69, 9.17) is 27.5 Å². The minimum Gasteiger partial charge on any atom is -0.481 e. The highest BCUT2D eigenvalue weighted by Gasteiger charge is 2.22. The third kappa shape index (κ3) is 9.93. The van der Waals surface area contributed by atoms with Crippen molar-refractivity contribution >= 4 is 69.1 Å². The molecule has 0 saturated carbocycles. The fraction of sp³-hybridized carbons (Fsp3) is 0.316. The number of hydrogen-bond donors (Lipinski definition) is 6. The zero-order chi connectivity index (χ0) is 43.1. The molecule has 7 rings (SSSR count). The van der Waals surface area contributed by atoms with E-state index in [2.05, 4.69) is 51.4 Å². The first-order valence-electron chi connectivity index (χ1n) is 18.6. The first-order chi connectivity index (χ1) is 28.7. The highest BCUT2D eigenvalue weighted by molar-refractivity contribution is 6.33. The minimum absolute atomic E-state index is 0.0524. The fourth-order valence-corrected chi connectivity index (χ4v) is 6.75. The van der Waals surface area contributed by atoms with Crippen molar-refractivity contribution in [3.63, 3.8) is 0 Å². The summed E-state index contributed by atoms with van der Waals surface area (Å²) >= 11 is 6.31. The van der Waals surface area contributed by atoms with Crippen LogP contribution in [0.2, 0.25) is 5.02 Å². The Labute approximate surface area is 345 Å². The SMILES string of the molecule is Cn1c(=O)c2c(ncn2CCN2CCN(c3ccccc3Cl)CC2)n(C)c1=O.Nc1nc2ncc(CNc3ccc(C(=O)N[C@@H](CCC(=O)O)C(=O)O)cc3)nc2c(=O)[nH]1. The molecule has 4 aromatic heterocycles. The summed E-state index contributed by atoms with van der Waals surface area (Å²) in [6.45, 7) is 5.36. The lowest BCUT2D eigenvalue weighted by molar-refractivity contribution is -0.140. The predicted octanol–water partition coefficient (Wildman–Crippen LogP) is 0.865. The molecule has 0 bridgehead atoms. The number of aryl methyl sites for hydroxylation is 1. The summed E-state index contributed by atoms with van der Waals surface area (Å²) in [4.78, 5) is 94.1. The van der Waals surface area contributed by atoms with Crippen LogP contribution >= 0.6 is 11.6 Å². The monoisotopic (exact) mass is 843 g/mol. The Morgan fingerprint density at radius 1 is 0.933 bits per heavy atom. The number of rotatable bonds is 13. The van der Waals surface area contributed by atoms with Gasteiger partial charge in [0.15, 0.2) is 22.3 Å². The number of benzene rings is 2. The number of piperazine rings is 1. The molecule has 5 heterocycles.